The second-order valence-electron chi connectivity index (χ2n) is 4.21. The van der Waals surface area contributed by atoms with Crippen molar-refractivity contribution in [2.45, 2.75) is 26.3 Å². The number of rotatable bonds is 5. The molecule has 4 heteroatoms. The van der Waals surface area contributed by atoms with Gasteiger partial charge in [0.15, 0.2) is 6.29 Å². The smallest absolute Gasteiger partial charge is 0.156 e. The Morgan fingerprint density at radius 2 is 2.06 bits per heavy atom. The van der Waals surface area contributed by atoms with Crippen molar-refractivity contribution in [2.24, 2.45) is 0 Å². The second kappa shape index (κ2) is 5.49. The van der Waals surface area contributed by atoms with Crippen LogP contribution in [0.5, 0.6) is 0 Å². The molecular formula is C14H17N3O. The van der Waals surface area contributed by atoms with Crippen LogP contribution in [0.4, 0.5) is 5.82 Å². The molecule has 94 valence electrons. The zero-order valence-electron chi connectivity index (χ0n) is 10.5. The number of carbonyl (C=O) groups excluding carboxylic acids is 1. The molecule has 0 atom stereocenters. The van der Waals surface area contributed by atoms with Crippen LogP contribution in [0.25, 0.3) is 11.3 Å². The van der Waals surface area contributed by atoms with Crippen LogP contribution in [0.3, 0.4) is 0 Å². The molecule has 1 aromatic heterocycles. The Labute approximate surface area is 106 Å². The summed E-state index contributed by atoms with van der Waals surface area (Å²) in [6.45, 7) is 2.86. The van der Waals surface area contributed by atoms with E-state index in [1.165, 1.54) is 0 Å². The van der Waals surface area contributed by atoms with Crippen molar-refractivity contribution >= 4 is 12.1 Å². The average molecular weight is 243 g/mol. The SMILES string of the molecule is CCCCn1nc(-c2ccccc2)c(C=O)c1N. The predicted molar refractivity (Wildman–Crippen MR) is 72.4 cm³/mol. The van der Waals surface area contributed by atoms with Gasteiger partial charge < -0.3 is 5.73 Å². The molecule has 0 saturated heterocycles. The zero-order chi connectivity index (χ0) is 13.0. The number of hydrogen-bond acceptors (Lipinski definition) is 3. The van der Waals surface area contributed by atoms with Gasteiger partial charge in [-0.3, -0.25) is 4.79 Å². The maximum absolute atomic E-state index is 11.2. The number of nitrogen functional groups attached to an aromatic ring is 1. The quantitative estimate of drug-likeness (QED) is 0.821. The molecule has 0 spiro atoms. The first-order chi connectivity index (χ1) is 8.77. The number of hydrogen-bond donors (Lipinski definition) is 1. The van der Waals surface area contributed by atoms with E-state index < -0.39 is 0 Å². The lowest BCUT2D eigenvalue weighted by molar-refractivity contribution is 0.112. The molecule has 0 aliphatic carbocycles. The van der Waals surface area contributed by atoms with Crippen molar-refractivity contribution in [3.63, 3.8) is 0 Å². The summed E-state index contributed by atoms with van der Waals surface area (Å²) in [6, 6.07) is 9.63. The van der Waals surface area contributed by atoms with E-state index in [2.05, 4.69) is 12.0 Å². The van der Waals surface area contributed by atoms with Gasteiger partial charge in [0.05, 0.1) is 5.56 Å². The molecule has 1 aromatic carbocycles. The highest BCUT2D eigenvalue weighted by Crippen LogP contribution is 2.25. The third-order valence-corrected chi connectivity index (χ3v) is 2.92. The lowest BCUT2D eigenvalue weighted by atomic mass is 10.1. The van der Waals surface area contributed by atoms with Crippen LogP contribution >= 0.6 is 0 Å². The molecule has 0 fully saturated rings. The van der Waals surface area contributed by atoms with Crippen molar-refractivity contribution in [2.75, 3.05) is 5.73 Å². The highest BCUT2D eigenvalue weighted by atomic mass is 16.1. The van der Waals surface area contributed by atoms with Gasteiger partial charge in [0, 0.05) is 12.1 Å². The van der Waals surface area contributed by atoms with Gasteiger partial charge in [0.2, 0.25) is 0 Å². The van der Waals surface area contributed by atoms with Crippen LogP contribution in [0, 0.1) is 0 Å². The number of nitrogens with two attached hydrogens (primary N) is 1. The van der Waals surface area contributed by atoms with Gasteiger partial charge in [-0.1, -0.05) is 43.7 Å². The highest BCUT2D eigenvalue weighted by molar-refractivity contribution is 5.91. The number of aryl methyl sites for hydroxylation is 1. The summed E-state index contributed by atoms with van der Waals surface area (Å²) >= 11 is 0. The first-order valence-electron chi connectivity index (χ1n) is 6.14. The van der Waals surface area contributed by atoms with Gasteiger partial charge in [-0.25, -0.2) is 4.68 Å². The zero-order valence-corrected chi connectivity index (χ0v) is 10.5. The molecule has 2 rings (SSSR count). The van der Waals surface area contributed by atoms with Crippen molar-refractivity contribution in [1.29, 1.82) is 0 Å². The van der Waals surface area contributed by atoms with Crippen molar-refractivity contribution in [3.8, 4) is 11.3 Å². The minimum atomic E-state index is 0.456. The molecule has 0 amide bonds. The summed E-state index contributed by atoms with van der Waals surface area (Å²) in [7, 11) is 0. The number of unbranched alkanes of at least 4 members (excludes halogenated alkanes) is 1. The van der Waals surface area contributed by atoms with E-state index in [9.17, 15) is 4.79 Å². The van der Waals surface area contributed by atoms with Crippen molar-refractivity contribution in [1.82, 2.24) is 9.78 Å². The van der Waals surface area contributed by atoms with Gasteiger partial charge in [-0.15, -0.1) is 0 Å². The van der Waals surface area contributed by atoms with E-state index >= 15 is 0 Å². The maximum atomic E-state index is 11.2. The number of aldehydes is 1. The van der Waals surface area contributed by atoms with Gasteiger partial charge >= 0.3 is 0 Å². The Balaban J connectivity index is 2.44. The van der Waals surface area contributed by atoms with E-state index in [1.807, 2.05) is 30.3 Å². The van der Waals surface area contributed by atoms with Crippen LogP contribution in [-0.2, 0) is 6.54 Å². The fraction of sp³-hybridized carbons (Fsp3) is 0.286. The highest BCUT2D eigenvalue weighted by Gasteiger charge is 2.15. The summed E-state index contributed by atoms with van der Waals surface area (Å²) in [6.07, 6.45) is 2.85. The third-order valence-electron chi connectivity index (χ3n) is 2.92. The third kappa shape index (κ3) is 2.27. The molecule has 2 aromatic rings. The Hall–Kier alpha value is -2.10. The van der Waals surface area contributed by atoms with E-state index in [4.69, 9.17) is 5.73 Å². The van der Waals surface area contributed by atoms with Gasteiger partial charge in [0.25, 0.3) is 0 Å². The molecule has 0 aliphatic rings. The molecule has 1 heterocycles. The minimum Gasteiger partial charge on any atom is -0.383 e. The number of anilines is 1. The van der Waals surface area contributed by atoms with E-state index in [1.54, 1.807) is 4.68 Å². The largest absolute Gasteiger partial charge is 0.383 e. The lowest BCUT2D eigenvalue weighted by Crippen LogP contribution is -2.05. The normalized spacial score (nSPS) is 10.5. The van der Waals surface area contributed by atoms with Gasteiger partial charge in [0.1, 0.15) is 11.5 Å². The van der Waals surface area contributed by atoms with Crippen LogP contribution in [0.1, 0.15) is 30.1 Å². The monoisotopic (exact) mass is 243 g/mol. The molecule has 0 radical (unpaired) electrons. The minimum absolute atomic E-state index is 0.456. The number of carbonyl (C=O) groups is 1. The van der Waals surface area contributed by atoms with Crippen LogP contribution in [-0.4, -0.2) is 16.1 Å². The summed E-state index contributed by atoms with van der Waals surface area (Å²) in [5, 5.41) is 4.45. The fourth-order valence-corrected chi connectivity index (χ4v) is 1.89. The first-order valence-corrected chi connectivity index (χ1v) is 6.14. The van der Waals surface area contributed by atoms with Crippen LogP contribution < -0.4 is 5.73 Å². The Bertz CT molecular complexity index is 531. The molecule has 0 bridgehead atoms. The first kappa shape index (κ1) is 12.4. The van der Waals surface area contributed by atoms with E-state index in [0.717, 1.165) is 31.2 Å². The second-order valence-corrected chi connectivity index (χ2v) is 4.21. The van der Waals surface area contributed by atoms with Crippen molar-refractivity contribution < 1.29 is 4.79 Å². The number of aromatic nitrogens is 2. The molecule has 0 saturated carbocycles. The van der Waals surface area contributed by atoms with E-state index in [0.29, 0.717) is 17.1 Å². The molecule has 0 aliphatic heterocycles. The Kier molecular flexibility index (Phi) is 3.77. The van der Waals surface area contributed by atoms with Crippen LogP contribution in [0.2, 0.25) is 0 Å². The topological polar surface area (TPSA) is 60.9 Å². The summed E-state index contributed by atoms with van der Waals surface area (Å²) in [5.74, 6) is 0.456. The van der Waals surface area contributed by atoms with E-state index in [-0.39, 0.29) is 0 Å². The molecule has 2 N–H and O–H groups in total. The molecular weight excluding hydrogens is 226 g/mol. The van der Waals surface area contributed by atoms with Crippen LogP contribution in [0.15, 0.2) is 30.3 Å². The maximum Gasteiger partial charge on any atom is 0.156 e. The van der Waals surface area contributed by atoms with Gasteiger partial charge in [-0.2, -0.15) is 5.10 Å². The van der Waals surface area contributed by atoms with Crippen molar-refractivity contribution in [3.05, 3.63) is 35.9 Å². The predicted octanol–water partition coefficient (Wildman–Crippen LogP) is 2.74. The van der Waals surface area contributed by atoms with Gasteiger partial charge in [-0.05, 0) is 6.42 Å². The molecule has 18 heavy (non-hydrogen) atoms. The number of benzene rings is 1. The molecule has 4 nitrogen and oxygen atoms in total. The number of nitrogens with zero attached hydrogens (tertiary/aromatic N) is 2. The standard InChI is InChI=1S/C14H17N3O/c1-2-3-9-17-14(15)12(10-18)13(16-17)11-7-5-4-6-8-11/h4-8,10H,2-3,9,15H2,1H3. The Morgan fingerprint density at radius 3 is 2.67 bits per heavy atom. The fourth-order valence-electron chi connectivity index (χ4n) is 1.89. The summed E-state index contributed by atoms with van der Waals surface area (Å²) in [5.41, 5.74) is 8.03. The lowest BCUT2D eigenvalue weighted by Gasteiger charge is -2.01. The Morgan fingerprint density at radius 1 is 1.33 bits per heavy atom. The summed E-state index contributed by atoms with van der Waals surface area (Å²) in [4.78, 5) is 11.2. The average Bonchev–Trinajstić information content (AvgIpc) is 2.74. The molecule has 0 unspecified atom stereocenters. The summed E-state index contributed by atoms with van der Waals surface area (Å²) < 4.78 is 1.72.